The van der Waals surface area contributed by atoms with E-state index in [1.165, 1.54) is 22.3 Å². The number of hydrogen-bond donors (Lipinski definition) is 0. The number of hydrogen-bond acceptors (Lipinski definition) is 6. The van der Waals surface area contributed by atoms with Crippen LogP contribution in [0.15, 0.2) is 46.4 Å². The number of fused-ring (bicyclic) bond motifs is 2. The zero-order chi connectivity index (χ0) is 40.3. The molecule has 0 bridgehead atoms. The van der Waals surface area contributed by atoms with Crippen molar-refractivity contribution in [3.63, 3.8) is 0 Å². The van der Waals surface area contributed by atoms with E-state index in [2.05, 4.69) is 106 Å². The van der Waals surface area contributed by atoms with Gasteiger partial charge in [0.1, 0.15) is 10.0 Å². The first kappa shape index (κ1) is 47.0. The molecule has 0 fully saturated rings. The first-order valence-corrected chi connectivity index (χ1v) is 20.1. The number of aliphatic imine (C=N–C) groups is 2. The van der Waals surface area contributed by atoms with Crippen LogP contribution in [-0.2, 0) is 16.5 Å². The van der Waals surface area contributed by atoms with E-state index in [0.717, 1.165) is 35.6 Å². The Bertz CT molecular complexity index is 1930. The molecule has 1 aliphatic rings. The van der Waals surface area contributed by atoms with Gasteiger partial charge in [0.25, 0.3) is 0 Å². The Morgan fingerprint density at radius 3 is 1.16 bits per heavy atom. The Morgan fingerprint density at radius 2 is 0.855 bits per heavy atom. The van der Waals surface area contributed by atoms with Gasteiger partial charge < -0.3 is 19.7 Å². The van der Waals surface area contributed by atoms with Crippen LogP contribution in [0.2, 0.25) is 30.1 Å². The second-order valence-electron chi connectivity index (χ2n) is 14.3. The summed E-state index contributed by atoms with van der Waals surface area (Å²) in [6.07, 6.45) is 1.98. The Morgan fingerprint density at radius 1 is 0.545 bits per heavy atom. The first-order valence-electron chi connectivity index (χ1n) is 17.8. The average Bonchev–Trinajstić information content (AvgIpc) is 3.13. The molecule has 0 radical (unpaired) electrons. The van der Waals surface area contributed by atoms with Crippen LogP contribution in [0.3, 0.4) is 0 Å². The topological polar surface area (TPSA) is 89.3 Å². The third kappa shape index (κ3) is 10.0. The number of benzene rings is 4. The third-order valence-electron chi connectivity index (χ3n) is 8.92. The molecule has 6 nitrogen and oxygen atoms in total. The Labute approximate surface area is 365 Å². The zero-order valence-corrected chi connectivity index (χ0v) is 37.8. The largest absolute Gasteiger partial charge is 2.00 e. The van der Waals surface area contributed by atoms with Crippen molar-refractivity contribution in [1.29, 1.82) is 0 Å². The van der Waals surface area contributed by atoms with Crippen molar-refractivity contribution in [2.24, 2.45) is 9.98 Å². The van der Waals surface area contributed by atoms with E-state index in [9.17, 15) is 10.2 Å². The first-order chi connectivity index (χ1) is 25.3. The van der Waals surface area contributed by atoms with Gasteiger partial charge in [-0.25, -0.2) is 0 Å². The van der Waals surface area contributed by atoms with Crippen molar-refractivity contribution in [3.8, 4) is 34.5 Å². The summed E-state index contributed by atoms with van der Waals surface area (Å²) >= 11 is 35.5. The summed E-state index contributed by atoms with van der Waals surface area (Å²) in [4.78, 5) is 10.6. The van der Waals surface area contributed by atoms with E-state index in [1.807, 2.05) is 0 Å². The van der Waals surface area contributed by atoms with Gasteiger partial charge in [0.15, 0.2) is 23.0 Å². The minimum atomic E-state index is -1.03. The molecule has 0 atom stereocenters. The summed E-state index contributed by atoms with van der Waals surface area (Å²) in [5, 5.41) is 22.0. The molecule has 0 amide bonds. The van der Waals surface area contributed by atoms with Crippen LogP contribution in [0, 0.1) is 0 Å². The molecule has 55 heavy (non-hydrogen) atoms. The molecule has 4 aromatic carbocycles. The van der Waals surface area contributed by atoms with Crippen LogP contribution in [0.4, 0.5) is 11.4 Å². The van der Waals surface area contributed by atoms with Crippen molar-refractivity contribution >= 4 is 92.4 Å². The normalized spacial score (nSPS) is 12.6. The van der Waals surface area contributed by atoms with E-state index in [4.69, 9.17) is 89.1 Å². The van der Waals surface area contributed by atoms with Crippen LogP contribution >= 0.6 is 69.6 Å². The molecule has 0 aromatic heterocycles. The number of nitrogens with zero attached hydrogens (tertiary/aromatic N) is 2. The van der Waals surface area contributed by atoms with Gasteiger partial charge in [-0.05, 0) is 59.3 Å². The van der Waals surface area contributed by atoms with Crippen LogP contribution in [0.5, 0.6) is 34.5 Å². The Balaban J connectivity index is 0.000000308. The molecule has 298 valence electrons. The van der Waals surface area contributed by atoms with E-state index < -0.39 is 21.5 Å². The molecule has 0 saturated heterocycles. The van der Waals surface area contributed by atoms with Crippen molar-refractivity contribution in [3.05, 3.63) is 88.8 Å². The van der Waals surface area contributed by atoms with Gasteiger partial charge in [0.2, 0.25) is 0 Å². The molecule has 0 saturated carbocycles. The van der Waals surface area contributed by atoms with Crippen LogP contribution in [0.1, 0.15) is 128 Å². The van der Waals surface area contributed by atoms with E-state index >= 15 is 0 Å². The SMILES string of the molecule is CCCC(=Nc1c(C(C)C)cccc1C(C)C)C(C)=Nc1c(C(C)C)cccc1C(C)C.[Ni+2].[O-]c1c([O-])c(Cl)c2c(c1Cl)Oc1c(Cl)c(Cl)c(Cl)c(Cl)c1O2. The molecule has 4 aromatic rings. The Kier molecular flexibility index (Phi) is 17.0. The van der Waals surface area contributed by atoms with Gasteiger partial charge in [0, 0.05) is 0 Å². The van der Waals surface area contributed by atoms with Crippen molar-refractivity contribution < 1.29 is 36.2 Å². The third-order valence-corrected chi connectivity index (χ3v) is 11.4. The van der Waals surface area contributed by atoms with Crippen LogP contribution in [-0.4, -0.2) is 11.4 Å². The second-order valence-corrected chi connectivity index (χ2v) is 16.5. The summed E-state index contributed by atoms with van der Waals surface area (Å²) in [5.74, 6) is -1.01. The maximum absolute atomic E-state index is 11.7. The molecule has 1 heterocycles. The maximum atomic E-state index is 11.7. The molecule has 13 heteroatoms. The van der Waals surface area contributed by atoms with Gasteiger partial charge in [-0.3, -0.25) is 9.98 Å². The standard InChI is InChI=1S/C30H44N2.C12H2Cl6O4.Ni/c1-11-14-28(32-30-26(21(6)7)17-13-18-27(30)22(8)9)23(10)31-29-24(19(2)3)15-12-16-25(29)20(4)5;13-1-2(14)4(16)10-9(3(1)15)21-11-5(17)7(19)8(20)6(18)12(11)22-10;/h12-13,15-22H,11,14H2,1-10H3;19-20H;/q;;+2/p-2. The van der Waals surface area contributed by atoms with Crippen LogP contribution < -0.4 is 19.7 Å². The smallest absolute Gasteiger partial charge is 0.872 e. The minimum absolute atomic E-state index is 0. The number of rotatable bonds is 9. The molecule has 1 aliphatic heterocycles. The molecule has 5 rings (SSSR count). The van der Waals surface area contributed by atoms with Gasteiger partial charge in [0.05, 0.1) is 42.9 Å². The molecular weight excluding hydrogens is 868 g/mol. The van der Waals surface area contributed by atoms with Gasteiger partial charge in [-0.1, -0.05) is 186 Å². The minimum Gasteiger partial charge on any atom is -0.872 e. The molecule has 0 N–H and O–H groups in total. The fourth-order valence-electron chi connectivity index (χ4n) is 5.97. The summed E-state index contributed by atoms with van der Waals surface area (Å²) < 4.78 is 10.9. The van der Waals surface area contributed by atoms with Gasteiger partial charge in [-0.15, -0.1) is 0 Å². The molecule has 0 unspecified atom stereocenters. The predicted octanol–water partition coefficient (Wildman–Crippen LogP) is 15.5. The predicted molar refractivity (Wildman–Crippen MR) is 226 cm³/mol. The average molecular weight is 912 g/mol. The summed E-state index contributed by atoms with van der Waals surface area (Å²) in [7, 11) is 0. The number of ether oxygens (including phenoxy) is 2. The number of halogens is 6. The van der Waals surface area contributed by atoms with Crippen molar-refractivity contribution in [1.82, 2.24) is 0 Å². The fraction of sp³-hybridized carbons (Fsp3) is 0.381. The monoisotopic (exact) mass is 908 g/mol. The Hall–Kier alpha value is -2.35. The summed E-state index contributed by atoms with van der Waals surface area (Å²) in [6.45, 7) is 22.4. The van der Waals surface area contributed by atoms with Crippen molar-refractivity contribution in [2.45, 2.75) is 106 Å². The summed E-state index contributed by atoms with van der Waals surface area (Å²) in [5.41, 5.74) is 9.71. The summed E-state index contributed by atoms with van der Waals surface area (Å²) in [6, 6.07) is 13.3. The molecule has 0 aliphatic carbocycles. The van der Waals surface area contributed by atoms with E-state index in [1.54, 1.807) is 0 Å². The van der Waals surface area contributed by atoms with E-state index in [-0.39, 0.29) is 59.6 Å². The van der Waals surface area contributed by atoms with Gasteiger partial charge >= 0.3 is 16.5 Å². The van der Waals surface area contributed by atoms with Gasteiger partial charge in [-0.2, -0.15) is 0 Å². The quantitative estimate of drug-likeness (QED) is 0.0638. The fourth-order valence-corrected chi connectivity index (χ4v) is 7.28. The molecule has 0 spiro atoms. The molecular formula is C42H44Cl6N2NiO4. The second kappa shape index (κ2) is 19.9. The van der Waals surface area contributed by atoms with Crippen molar-refractivity contribution in [2.75, 3.05) is 0 Å². The van der Waals surface area contributed by atoms with E-state index in [0.29, 0.717) is 23.7 Å². The van der Waals surface area contributed by atoms with Crippen LogP contribution in [0.25, 0.3) is 0 Å². The zero-order valence-electron chi connectivity index (χ0n) is 32.3. The maximum Gasteiger partial charge on any atom is 2.00 e. The number of para-hydroxylation sites is 2.